The molecule has 1 N–H and O–H groups in total. The van der Waals surface area contributed by atoms with Crippen LogP contribution in [0.1, 0.15) is 21.6 Å². The molecule has 178 valence electrons. The van der Waals surface area contributed by atoms with E-state index in [4.69, 9.17) is 21.1 Å². The van der Waals surface area contributed by atoms with Crippen LogP contribution in [0.3, 0.4) is 0 Å². The summed E-state index contributed by atoms with van der Waals surface area (Å²) in [5, 5.41) is 7.12. The van der Waals surface area contributed by atoms with E-state index < -0.39 is 24.4 Å². The average molecular weight is 485 g/mol. The summed E-state index contributed by atoms with van der Waals surface area (Å²) in [7, 11) is 2.97. The summed E-state index contributed by atoms with van der Waals surface area (Å²) in [5.41, 5.74) is 2.00. The van der Waals surface area contributed by atoms with Crippen molar-refractivity contribution in [1.29, 1.82) is 0 Å². The number of carbonyl (C=O) groups excluding carboxylic acids is 3. The van der Waals surface area contributed by atoms with Crippen LogP contribution in [0.15, 0.2) is 54.6 Å². The molecule has 3 rings (SSSR count). The Hall–Kier alpha value is -3.85. The van der Waals surface area contributed by atoms with Crippen LogP contribution in [0.5, 0.6) is 5.75 Å². The SMILES string of the molecule is COc1cccc(NC(=O)CN(C)C(=O)COC(=O)c2c(C)nn(Cc3ccccc3)c2Cl)c1. The Kier molecular flexibility index (Phi) is 8.26. The molecule has 0 spiro atoms. The molecular formula is C24H25ClN4O5. The van der Waals surface area contributed by atoms with Crippen molar-refractivity contribution in [3.05, 3.63) is 76.6 Å². The lowest BCUT2D eigenvalue weighted by Crippen LogP contribution is -2.37. The van der Waals surface area contributed by atoms with E-state index in [2.05, 4.69) is 10.4 Å². The minimum absolute atomic E-state index is 0.101. The van der Waals surface area contributed by atoms with Gasteiger partial charge in [0.15, 0.2) is 6.61 Å². The number of esters is 1. The molecule has 0 aliphatic rings. The van der Waals surface area contributed by atoms with Crippen LogP contribution in [-0.4, -0.2) is 59.8 Å². The van der Waals surface area contributed by atoms with E-state index in [-0.39, 0.29) is 17.3 Å². The molecule has 34 heavy (non-hydrogen) atoms. The Morgan fingerprint density at radius 1 is 1.12 bits per heavy atom. The molecule has 0 saturated heterocycles. The number of methoxy groups -OCH3 is 1. The second-order valence-corrected chi connectivity index (χ2v) is 7.86. The molecule has 1 aromatic heterocycles. The highest BCUT2D eigenvalue weighted by atomic mass is 35.5. The van der Waals surface area contributed by atoms with Gasteiger partial charge in [0.1, 0.15) is 16.5 Å². The van der Waals surface area contributed by atoms with Gasteiger partial charge in [-0.3, -0.25) is 9.59 Å². The van der Waals surface area contributed by atoms with Crippen molar-refractivity contribution in [1.82, 2.24) is 14.7 Å². The summed E-state index contributed by atoms with van der Waals surface area (Å²) in [5.74, 6) is -1.12. The number of carbonyl (C=O) groups is 3. The first-order valence-corrected chi connectivity index (χ1v) is 10.8. The maximum atomic E-state index is 12.6. The lowest BCUT2D eigenvalue weighted by molar-refractivity contribution is -0.136. The zero-order valence-corrected chi connectivity index (χ0v) is 19.8. The number of nitrogens with zero attached hydrogens (tertiary/aromatic N) is 3. The zero-order chi connectivity index (χ0) is 24.7. The highest BCUT2D eigenvalue weighted by Crippen LogP contribution is 2.22. The number of benzene rings is 2. The van der Waals surface area contributed by atoms with Gasteiger partial charge in [0.05, 0.1) is 25.9 Å². The minimum Gasteiger partial charge on any atom is -0.497 e. The van der Waals surface area contributed by atoms with Gasteiger partial charge in [-0.25, -0.2) is 9.48 Å². The molecule has 3 aromatic rings. The smallest absolute Gasteiger partial charge is 0.343 e. The number of rotatable bonds is 9. The number of nitrogens with one attached hydrogen (secondary N) is 1. The van der Waals surface area contributed by atoms with E-state index in [0.29, 0.717) is 23.7 Å². The fourth-order valence-electron chi connectivity index (χ4n) is 3.16. The molecule has 2 amide bonds. The maximum Gasteiger partial charge on any atom is 0.343 e. The van der Waals surface area contributed by atoms with Crippen molar-refractivity contribution in [3.8, 4) is 5.75 Å². The number of amides is 2. The molecule has 0 saturated carbocycles. The third kappa shape index (κ3) is 6.35. The quantitative estimate of drug-likeness (QED) is 0.468. The Bertz CT molecular complexity index is 1180. The Morgan fingerprint density at radius 2 is 1.85 bits per heavy atom. The number of aryl methyl sites for hydroxylation is 1. The van der Waals surface area contributed by atoms with Crippen LogP contribution in [0.25, 0.3) is 0 Å². The van der Waals surface area contributed by atoms with Crippen molar-refractivity contribution in [2.45, 2.75) is 13.5 Å². The fourth-order valence-corrected chi connectivity index (χ4v) is 3.47. The summed E-state index contributed by atoms with van der Waals surface area (Å²) >= 11 is 6.36. The zero-order valence-electron chi connectivity index (χ0n) is 19.1. The molecule has 0 atom stereocenters. The van der Waals surface area contributed by atoms with Gasteiger partial charge in [-0.15, -0.1) is 0 Å². The topological polar surface area (TPSA) is 103 Å². The average Bonchev–Trinajstić information content (AvgIpc) is 3.10. The predicted molar refractivity (Wildman–Crippen MR) is 127 cm³/mol. The van der Waals surface area contributed by atoms with Crippen molar-refractivity contribution in [3.63, 3.8) is 0 Å². The third-order valence-electron chi connectivity index (χ3n) is 4.93. The van der Waals surface area contributed by atoms with Gasteiger partial charge in [-0.1, -0.05) is 48.0 Å². The van der Waals surface area contributed by atoms with Crippen molar-refractivity contribution in [2.24, 2.45) is 0 Å². The van der Waals surface area contributed by atoms with Crippen LogP contribution < -0.4 is 10.1 Å². The molecule has 0 radical (unpaired) electrons. The van der Waals surface area contributed by atoms with E-state index in [0.717, 1.165) is 10.5 Å². The molecule has 9 nitrogen and oxygen atoms in total. The maximum absolute atomic E-state index is 12.6. The second-order valence-electron chi connectivity index (χ2n) is 7.50. The van der Waals surface area contributed by atoms with Gasteiger partial charge >= 0.3 is 5.97 Å². The number of hydrogen-bond donors (Lipinski definition) is 1. The normalized spacial score (nSPS) is 10.5. The first-order chi connectivity index (χ1) is 16.3. The van der Waals surface area contributed by atoms with Gasteiger partial charge < -0.3 is 19.7 Å². The number of aromatic nitrogens is 2. The van der Waals surface area contributed by atoms with Crippen molar-refractivity contribution in [2.75, 3.05) is 32.6 Å². The molecule has 0 bridgehead atoms. The summed E-state index contributed by atoms with van der Waals surface area (Å²) in [6.07, 6.45) is 0. The number of ether oxygens (including phenoxy) is 2. The summed E-state index contributed by atoms with van der Waals surface area (Å²) in [6, 6.07) is 16.4. The van der Waals surface area contributed by atoms with E-state index in [1.807, 2.05) is 30.3 Å². The molecule has 2 aromatic carbocycles. The molecule has 0 aliphatic carbocycles. The second kappa shape index (κ2) is 11.3. The highest BCUT2D eigenvalue weighted by Gasteiger charge is 2.23. The number of halogens is 1. The van der Waals surface area contributed by atoms with Crippen LogP contribution >= 0.6 is 11.6 Å². The third-order valence-corrected chi connectivity index (χ3v) is 5.32. The Morgan fingerprint density at radius 3 is 2.56 bits per heavy atom. The van der Waals surface area contributed by atoms with Gasteiger partial charge in [0.25, 0.3) is 5.91 Å². The molecule has 10 heteroatoms. The molecular weight excluding hydrogens is 460 g/mol. The molecule has 0 fully saturated rings. The van der Waals surface area contributed by atoms with Gasteiger partial charge in [-0.05, 0) is 24.6 Å². The van der Waals surface area contributed by atoms with Crippen LogP contribution in [-0.2, 0) is 20.9 Å². The van der Waals surface area contributed by atoms with E-state index in [1.54, 1.807) is 31.2 Å². The van der Waals surface area contributed by atoms with Crippen LogP contribution in [0.4, 0.5) is 5.69 Å². The molecule has 0 unspecified atom stereocenters. The molecule has 1 heterocycles. The number of likely N-dealkylation sites (N-methyl/N-ethyl adjacent to an activating group) is 1. The van der Waals surface area contributed by atoms with E-state index >= 15 is 0 Å². The van der Waals surface area contributed by atoms with Crippen LogP contribution in [0, 0.1) is 6.92 Å². The highest BCUT2D eigenvalue weighted by molar-refractivity contribution is 6.32. The van der Waals surface area contributed by atoms with E-state index in [1.165, 1.54) is 18.8 Å². The summed E-state index contributed by atoms with van der Waals surface area (Å²) in [6.45, 7) is 1.27. The lowest BCUT2D eigenvalue weighted by Gasteiger charge is -2.17. The van der Waals surface area contributed by atoms with Gasteiger partial charge in [0, 0.05) is 18.8 Å². The fraction of sp³-hybridized carbons (Fsp3) is 0.250. The van der Waals surface area contributed by atoms with Crippen molar-refractivity contribution >= 4 is 35.1 Å². The largest absolute Gasteiger partial charge is 0.497 e. The van der Waals surface area contributed by atoms with Gasteiger partial charge in [0.2, 0.25) is 5.91 Å². The Labute approximate surface area is 202 Å². The number of hydrogen-bond acceptors (Lipinski definition) is 6. The first kappa shape index (κ1) is 24.8. The lowest BCUT2D eigenvalue weighted by atomic mass is 10.2. The standard InChI is InChI=1S/C24H25ClN4O5/c1-16-22(23(25)29(27-16)13-17-8-5-4-6-9-17)24(32)34-15-21(31)28(2)14-20(30)26-18-10-7-11-19(12-18)33-3/h4-12H,13-15H2,1-3H3,(H,26,30). The predicted octanol–water partition coefficient (Wildman–Crippen LogP) is 3.16. The summed E-state index contributed by atoms with van der Waals surface area (Å²) < 4.78 is 11.8. The van der Waals surface area contributed by atoms with Crippen molar-refractivity contribution < 1.29 is 23.9 Å². The van der Waals surface area contributed by atoms with Crippen LogP contribution in [0.2, 0.25) is 5.15 Å². The molecule has 0 aliphatic heterocycles. The monoisotopic (exact) mass is 484 g/mol. The van der Waals surface area contributed by atoms with Gasteiger partial charge in [-0.2, -0.15) is 5.10 Å². The minimum atomic E-state index is -0.760. The first-order valence-electron chi connectivity index (χ1n) is 10.4. The van der Waals surface area contributed by atoms with E-state index in [9.17, 15) is 14.4 Å². The number of anilines is 1. The Balaban J connectivity index is 1.54. The summed E-state index contributed by atoms with van der Waals surface area (Å²) in [4.78, 5) is 38.4.